The van der Waals surface area contributed by atoms with E-state index >= 15 is 0 Å². The number of ether oxygens (including phenoxy) is 1. The lowest BCUT2D eigenvalue weighted by molar-refractivity contribution is -0.142. The molecule has 0 spiro atoms. The maximum absolute atomic E-state index is 11.5. The maximum Gasteiger partial charge on any atom is 0.323 e. The molecule has 0 saturated carbocycles. The highest BCUT2D eigenvalue weighted by molar-refractivity contribution is 7.99. The molecule has 6 heteroatoms. The minimum Gasteiger partial charge on any atom is -0.468 e. The van der Waals surface area contributed by atoms with Crippen molar-refractivity contribution in [2.75, 3.05) is 12.9 Å². The monoisotopic (exact) mass is 255 g/mol. The maximum atomic E-state index is 11.5. The number of nitrogens with zero attached hydrogens (tertiary/aromatic N) is 2. The van der Waals surface area contributed by atoms with E-state index in [4.69, 9.17) is 4.74 Å². The van der Waals surface area contributed by atoms with Crippen molar-refractivity contribution in [2.45, 2.75) is 31.0 Å². The molecule has 1 aromatic heterocycles. The molecule has 1 heterocycles. The van der Waals surface area contributed by atoms with Gasteiger partial charge >= 0.3 is 5.97 Å². The Morgan fingerprint density at radius 1 is 1.59 bits per heavy atom. The molecule has 0 radical (unpaired) electrons. The minimum absolute atomic E-state index is 0.227. The molecule has 0 amide bonds. The summed E-state index contributed by atoms with van der Waals surface area (Å²) < 4.78 is 4.75. The molecule has 0 aromatic carbocycles. The molecule has 1 unspecified atom stereocenters. The van der Waals surface area contributed by atoms with E-state index in [2.05, 4.69) is 15.3 Å². The average molecular weight is 255 g/mol. The van der Waals surface area contributed by atoms with Crippen LogP contribution in [0.25, 0.3) is 0 Å². The van der Waals surface area contributed by atoms with Gasteiger partial charge in [0.25, 0.3) is 0 Å². The molecule has 0 fully saturated rings. The minimum atomic E-state index is -0.319. The van der Waals surface area contributed by atoms with E-state index < -0.39 is 0 Å². The van der Waals surface area contributed by atoms with Gasteiger partial charge in [0.2, 0.25) is 0 Å². The van der Waals surface area contributed by atoms with Gasteiger partial charge in [-0.1, -0.05) is 13.8 Å². The van der Waals surface area contributed by atoms with E-state index in [0.29, 0.717) is 5.75 Å². The number of thioether (sulfide) groups is 1. The molecule has 94 valence electrons. The number of hydrogen-bond acceptors (Lipinski definition) is 6. The first-order valence-electron chi connectivity index (χ1n) is 5.36. The lowest BCUT2D eigenvalue weighted by Gasteiger charge is -2.18. The normalized spacial score (nSPS) is 12.5. The van der Waals surface area contributed by atoms with Crippen molar-refractivity contribution in [3.63, 3.8) is 0 Å². The van der Waals surface area contributed by atoms with E-state index in [1.807, 2.05) is 19.9 Å². The Morgan fingerprint density at radius 3 is 2.88 bits per heavy atom. The summed E-state index contributed by atoms with van der Waals surface area (Å²) >= 11 is 1.50. The molecule has 0 aliphatic carbocycles. The highest BCUT2D eigenvalue weighted by Crippen LogP contribution is 2.15. The van der Waals surface area contributed by atoms with Crippen LogP contribution in [0, 0.1) is 0 Å². The number of nitrogens with one attached hydrogen (secondary N) is 1. The highest BCUT2D eigenvalue weighted by atomic mass is 32.2. The van der Waals surface area contributed by atoms with Crippen molar-refractivity contribution in [1.82, 2.24) is 15.3 Å². The molecule has 0 aliphatic rings. The van der Waals surface area contributed by atoms with Gasteiger partial charge in [0.1, 0.15) is 12.4 Å². The average Bonchev–Trinajstić information content (AvgIpc) is 2.34. The molecule has 1 aromatic rings. The summed E-state index contributed by atoms with van der Waals surface area (Å²) in [6, 6.07) is 1.72. The lowest BCUT2D eigenvalue weighted by atomic mass is 10.3. The number of hydrogen-bond donors (Lipinski definition) is 1. The van der Waals surface area contributed by atoms with Crippen molar-refractivity contribution >= 4 is 17.7 Å². The summed E-state index contributed by atoms with van der Waals surface area (Å²) in [5.41, 5.74) is 0. The smallest absolute Gasteiger partial charge is 0.323 e. The predicted octanol–water partition coefficient (Wildman–Crippen LogP) is 1.11. The van der Waals surface area contributed by atoms with Crippen molar-refractivity contribution in [3.05, 3.63) is 18.6 Å². The molecule has 5 nitrogen and oxygen atoms in total. The fraction of sp³-hybridized carbons (Fsp3) is 0.545. The summed E-state index contributed by atoms with van der Waals surface area (Å²) in [4.78, 5) is 19.5. The summed E-state index contributed by atoms with van der Waals surface area (Å²) in [5, 5.41) is 4.01. The Morgan fingerprint density at radius 2 is 2.35 bits per heavy atom. The third kappa shape index (κ3) is 5.14. The van der Waals surface area contributed by atoms with Crippen molar-refractivity contribution in [2.24, 2.45) is 0 Å². The first-order valence-corrected chi connectivity index (χ1v) is 6.34. The number of carbonyl (C=O) groups is 1. The van der Waals surface area contributed by atoms with Crippen LogP contribution in [-0.2, 0) is 9.53 Å². The van der Waals surface area contributed by atoms with E-state index in [-0.39, 0.29) is 18.1 Å². The molecule has 0 saturated heterocycles. The number of esters is 1. The van der Waals surface area contributed by atoms with Gasteiger partial charge < -0.3 is 10.1 Å². The topological polar surface area (TPSA) is 64.1 Å². The second kappa shape index (κ2) is 7.24. The molecular weight excluding hydrogens is 238 g/mol. The number of methoxy groups -OCH3 is 1. The van der Waals surface area contributed by atoms with Crippen molar-refractivity contribution in [1.29, 1.82) is 0 Å². The molecular formula is C11H17N3O2S. The zero-order chi connectivity index (χ0) is 12.7. The van der Waals surface area contributed by atoms with E-state index in [0.717, 1.165) is 5.03 Å². The van der Waals surface area contributed by atoms with Gasteiger partial charge in [0, 0.05) is 18.0 Å². The largest absolute Gasteiger partial charge is 0.468 e. The van der Waals surface area contributed by atoms with Crippen LogP contribution in [0.4, 0.5) is 0 Å². The standard InChI is InChI=1S/C11H17N3O2S/c1-8(2)14-9(11(15)16-3)6-17-10-4-5-12-7-13-10/h4-5,7-9,14H,6H2,1-3H3. The van der Waals surface area contributed by atoms with Gasteiger partial charge in [0.05, 0.1) is 12.1 Å². The van der Waals surface area contributed by atoms with Crippen LogP contribution >= 0.6 is 11.8 Å². The Hall–Kier alpha value is -1.14. The third-order valence-corrected chi connectivity index (χ3v) is 3.01. The Kier molecular flexibility index (Phi) is 5.93. The Bertz CT molecular complexity index is 346. The van der Waals surface area contributed by atoms with Crippen LogP contribution in [0.1, 0.15) is 13.8 Å². The Balaban J connectivity index is 2.52. The van der Waals surface area contributed by atoms with Gasteiger partial charge in [-0.05, 0) is 6.07 Å². The van der Waals surface area contributed by atoms with Crippen molar-refractivity contribution in [3.8, 4) is 0 Å². The van der Waals surface area contributed by atoms with E-state index in [1.54, 1.807) is 6.20 Å². The fourth-order valence-electron chi connectivity index (χ4n) is 1.26. The van der Waals surface area contributed by atoms with Crippen LogP contribution in [0.5, 0.6) is 0 Å². The SMILES string of the molecule is COC(=O)C(CSc1ccncn1)NC(C)C. The van der Waals surface area contributed by atoms with Crippen LogP contribution < -0.4 is 5.32 Å². The second-order valence-electron chi connectivity index (χ2n) is 3.76. The van der Waals surface area contributed by atoms with Crippen LogP contribution in [-0.4, -0.2) is 40.9 Å². The molecule has 1 atom stereocenters. The summed E-state index contributed by atoms with van der Waals surface area (Å²) in [6.07, 6.45) is 3.17. The molecule has 1 N–H and O–H groups in total. The summed E-state index contributed by atoms with van der Waals surface area (Å²) in [6.45, 7) is 3.98. The zero-order valence-corrected chi connectivity index (χ0v) is 11.0. The number of carbonyl (C=O) groups excluding carboxylic acids is 1. The van der Waals surface area contributed by atoms with Crippen LogP contribution in [0.3, 0.4) is 0 Å². The lowest BCUT2D eigenvalue weighted by Crippen LogP contribution is -2.43. The molecule has 0 bridgehead atoms. The van der Waals surface area contributed by atoms with Crippen LogP contribution in [0.2, 0.25) is 0 Å². The third-order valence-electron chi connectivity index (χ3n) is 1.97. The second-order valence-corrected chi connectivity index (χ2v) is 4.80. The first-order chi connectivity index (χ1) is 8.13. The quantitative estimate of drug-likeness (QED) is 0.467. The van der Waals surface area contributed by atoms with Gasteiger partial charge in [-0.25, -0.2) is 9.97 Å². The predicted molar refractivity (Wildman–Crippen MR) is 66.8 cm³/mol. The van der Waals surface area contributed by atoms with Crippen LogP contribution in [0.15, 0.2) is 23.6 Å². The first kappa shape index (κ1) is 13.9. The Labute approximate surface area is 105 Å². The highest BCUT2D eigenvalue weighted by Gasteiger charge is 2.20. The molecule has 0 aliphatic heterocycles. The number of aromatic nitrogens is 2. The molecule has 1 rings (SSSR count). The van der Waals surface area contributed by atoms with E-state index in [9.17, 15) is 4.79 Å². The fourth-order valence-corrected chi connectivity index (χ4v) is 2.11. The van der Waals surface area contributed by atoms with Gasteiger partial charge in [-0.2, -0.15) is 0 Å². The van der Waals surface area contributed by atoms with Crippen molar-refractivity contribution < 1.29 is 9.53 Å². The van der Waals surface area contributed by atoms with Gasteiger partial charge in [-0.3, -0.25) is 4.79 Å². The van der Waals surface area contributed by atoms with E-state index in [1.165, 1.54) is 25.2 Å². The number of rotatable bonds is 6. The summed E-state index contributed by atoms with van der Waals surface area (Å²) in [7, 11) is 1.40. The van der Waals surface area contributed by atoms with Gasteiger partial charge in [-0.15, -0.1) is 11.8 Å². The summed E-state index contributed by atoms with van der Waals surface area (Å²) in [5.74, 6) is 0.335. The molecule has 17 heavy (non-hydrogen) atoms. The van der Waals surface area contributed by atoms with Gasteiger partial charge in [0.15, 0.2) is 0 Å². The zero-order valence-electron chi connectivity index (χ0n) is 10.2.